The highest BCUT2D eigenvalue weighted by molar-refractivity contribution is 6.01. The van der Waals surface area contributed by atoms with Crippen molar-refractivity contribution in [3.63, 3.8) is 0 Å². The Kier molecular flexibility index (Phi) is 9.18. The van der Waals surface area contributed by atoms with Gasteiger partial charge in [-0.1, -0.05) is 74.6 Å². The summed E-state index contributed by atoms with van der Waals surface area (Å²) in [5.74, 6) is -1.12. The normalized spacial score (nSPS) is 15.6. The van der Waals surface area contributed by atoms with Crippen molar-refractivity contribution in [2.24, 2.45) is 5.92 Å². The van der Waals surface area contributed by atoms with Crippen LogP contribution in [0.1, 0.15) is 67.6 Å². The Bertz CT molecular complexity index is 1180. The third-order valence-electron chi connectivity index (χ3n) is 6.92. The minimum atomic E-state index is -0.891. The SMILES string of the molecule is O=CCC(=O)N[C@@H](CC1CCCCC1)C(=O)N[C@@H](CCc1ccccc1)C(=O)c1nc2ccccc2o1. The van der Waals surface area contributed by atoms with Crippen molar-refractivity contribution < 1.29 is 23.6 Å². The van der Waals surface area contributed by atoms with Gasteiger partial charge in [-0.05, 0) is 42.9 Å². The Morgan fingerprint density at radius 3 is 2.41 bits per heavy atom. The summed E-state index contributed by atoms with van der Waals surface area (Å²) in [5.41, 5.74) is 2.09. The number of Topliss-reactive ketones (excluding diaryl/α,β-unsaturated/α-hetero) is 1. The van der Waals surface area contributed by atoms with Crippen molar-refractivity contribution in [1.29, 1.82) is 0 Å². The van der Waals surface area contributed by atoms with Crippen molar-refractivity contribution in [2.75, 3.05) is 0 Å². The van der Waals surface area contributed by atoms with Gasteiger partial charge in [-0.3, -0.25) is 14.4 Å². The van der Waals surface area contributed by atoms with Crippen LogP contribution in [-0.4, -0.2) is 41.0 Å². The number of benzene rings is 2. The highest BCUT2D eigenvalue weighted by atomic mass is 16.4. The van der Waals surface area contributed by atoms with Gasteiger partial charge in [0, 0.05) is 0 Å². The van der Waals surface area contributed by atoms with Gasteiger partial charge in [0.1, 0.15) is 17.8 Å². The molecule has 37 heavy (non-hydrogen) atoms. The molecule has 194 valence electrons. The molecule has 1 aliphatic carbocycles. The average Bonchev–Trinajstić information content (AvgIpc) is 3.36. The first kappa shape index (κ1) is 26.3. The maximum absolute atomic E-state index is 13.5. The summed E-state index contributed by atoms with van der Waals surface area (Å²) in [5, 5.41) is 5.59. The number of nitrogens with one attached hydrogen (secondary N) is 2. The van der Waals surface area contributed by atoms with Crippen LogP contribution in [0, 0.1) is 5.92 Å². The molecule has 0 aliphatic heterocycles. The molecule has 0 bridgehead atoms. The Hall–Kier alpha value is -3.81. The van der Waals surface area contributed by atoms with Crippen LogP contribution >= 0.6 is 0 Å². The van der Waals surface area contributed by atoms with Crippen LogP contribution in [0.3, 0.4) is 0 Å². The molecule has 0 unspecified atom stereocenters. The van der Waals surface area contributed by atoms with Gasteiger partial charge in [0.15, 0.2) is 5.58 Å². The first-order valence-electron chi connectivity index (χ1n) is 13.0. The Morgan fingerprint density at radius 2 is 1.68 bits per heavy atom. The highest BCUT2D eigenvalue weighted by Gasteiger charge is 2.31. The van der Waals surface area contributed by atoms with E-state index in [0.717, 1.165) is 31.2 Å². The first-order chi connectivity index (χ1) is 18.0. The monoisotopic (exact) mass is 503 g/mol. The predicted octanol–water partition coefficient (Wildman–Crippen LogP) is 4.17. The number of ketones is 1. The molecule has 3 aromatic rings. The van der Waals surface area contributed by atoms with Gasteiger partial charge < -0.3 is 19.8 Å². The Labute approximate surface area is 216 Å². The van der Waals surface area contributed by atoms with E-state index in [1.54, 1.807) is 18.2 Å². The first-order valence-corrected chi connectivity index (χ1v) is 13.0. The molecule has 2 amide bonds. The fourth-order valence-electron chi connectivity index (χ4n) is 4.94. The molecule has 1 aromatic heterocycles. The number of hydrogen-bond acceptors (Lipinski definition) is 6. The minimum Gasteiger partial charge on any atom is -0.434 e. The molecule has 2 atom stereocenters. The summed E-state index contributed by atoms with van der Waals surface area (Å²) in [7, 11) is 0. The van der Waals surface area contributed by atoms with Crippen LogP contribution in [0.15, 0.2) is 59.0 Å². The summed E-state index contributed by atoms with van der Waals surface area (Å²) in [6.07, 6.45) is 6.92. The molecule has 8 nitrogen and oxygen atoms in total. The van der Waals surface area contributed by atoms with E-state index >= 15 is 0 Å². The van der Waals surface area contributed by atoms with Crippen LogP contribution < -0.4 is 10.6 Å². The Morgan fingerprint density at radius 1 is 0.946 bits per heavy atom. The molecular formula is C29H33N3O5. The lowest BCUT2D eigenvalue weighted by atomic mass is 9.84. The molecule has 2 aromatic carbocycles. The van der Waals surface area contributed by atoms with Gasteiger partial charge >= 0.3 is 0 Å². The maximum Gasteiger partial charge on any atom is 0.266 e. The van der Waals surface area contributed by atoms with E-state index in [1.807, 2.05) is 36.4 Å². The molecule has 1 aliphatic rings. The van der Waals surface area contributed by atoms with Crippen LogP contribution in [0.5, 0.6) is 0 Å². The number of aryl methyl sites for hydroxylation is 1. The van der Waals surface area contributed by atoms with E-state index in [0.29, 0.717) is 42.6 Å². The second kappa shape index (κ2) is 12.9. The molecule has 2 N–H and O–H groups in total. The quantitative estimate of drug-likeness (QED) is 0.218. The van der Waals surface area contributed by atoms with Crippen LogP contribution in [0.4, 0.5) is 0 Å². The number of aldehydes is 1. The number of rotatable bonds is 12. The standard InChI is InChI=1S/C29H33N3O5/c33-18-17-26(34)30-24(19-21-11-5-2-6-12-21)28(36)31-23(16-15-20-9-3-1-4-10-20)27(35)29-32-22-13-7-8-14-25(22)37-29/h1,3-4,7-10,13-14,18,21,23-24H,2,5-6,11-12,15-17,19H2,(H,30,34)(H,31,36)/t23-,24-/m0/s1. The summed E-state index contributed by atoms with van der Waals surface area (Å²) in [4.78, 5) is 54.4. The number of oxazole rings is 1. The molecular weight excluding hydrogens is 470 g/mol. The highest BCUT2D eigenvalue weighted by Crippen LogP contribution is 2.27. The van der Waals surface area contributed by atoms with E-state index in [4.69, 9.17) is 4.42 Å². The van der Waals surface area contributed by atoms with Gasteiger partial charge in [0.25, 0.3) is 5.89 Å². The third kappa shape index (κ3) is 7.35. The molecule has 1 saturated carbocycles. The van der Waals surface area contributed by atoms with E-state index in [2.05, 4.69) is 15.6 Å². The van der Waals surface area contributed by atoms with Gasteiger partial charge in [0.2, 0.25) is 17.6 Å². The zero-order chi connectivity index (χ0) is 26.0. The number of carbonyl (C=O) groups is 4. The average molecular weight is 504 g/mol. The lowest BCUT2D eigenvalue weighted by Gasteiger charge is -2.27. The molecule has 1 heterocycles. The van der Waals surface area contributed by atoms with Crippen LogP contribution in [0.25, 0.3) is 11.1 Å². The number of para-hydroxylation sites is 2. The third-order valence-corrected chi connectivity index (χ3v) is 6.92. The summed E-state index contributed by atoms with van der Waals surface area (Å²) in [6, 6.07) is 15.1. The molecule has 8 heteroatoms. The number of carbonyl (C=O) groups excluding carboxylic acids is 4. The lowest BCUT2D eigenvalue weighted by molar-refractivity contribution is -0.131. The summed E-state index contributed by atoms with van der Waals surface area (Å²) < 4.78 is 5.70. The fraction of sp³-hybridized carbons (Fsp3) is 0.414. The van der Waals surface area contributed by atoms with Gasteiger partial charge in [-0.15, -0.1) is 0 Å². The fourth-order valence-corrected chi connectivity index (χ4v) is 4.94. The van der Waals surface area contributed by atoms with Crippen molar-refractivity contribution in [1.82, 2.24) is 15.6 Å². The lowest BCUT2D eigenvalue weighted by Crippen LogP contribution is -2.52. The van der Waals surface area contributed by atoms with Gasteiger partial charge in [-0.2, -0.15) is 0 Å². The van der Waals surface area contributed by atoms with E-state index in [9.17, 15) is 19.2 Å². The predicted molar refractivity (Wildman–Crippen MR) is 139 cm³/mol. The number of nitrogens with zero attached hydrogens (tertiary/aromatic N) is 1. The van der Waals surface area contributed by atoms with E-state index in [-0.39, 0.29) is 12.3 Å². The molecule has 4 rings (SSSR count). The largest absolute Gasteiger partial charge is 0.434 e. The second-order valence-electron chi connectivity index (χ2n) is 9.67. The maximum atomic E-state index is 13.5. The zero-order valence-electron chi connectivity index (χ0n) is 20.9. The summed E-state index contributed by atoms with van der Waals surface area (Å²) in [6.45, 7) is 0. The molecule has 1 fully saturated rings. The summed E-state index contributed by atoms with van der Waals surface area (Å²) >= 11 is 0. The Balaban J connectivity index is 1.53. The smallest absolute Gasteiger partial charge is 0.266 e. The van der Waals surface area contributed by atoms with Gasteiger partial charge in [0.05, 0.1) is 12.5 Å². The number of hydrogen-bond donors (Lipinski definition) is 2. The van der Waals surface area contributed by atoms with E-state index < -0.39 is 29.7 Å². The number of fused-ring (bicyclic) bond motifs is 1. The number of amides is 2. The van der Waals surface area contributed by atoms with Crippen molar-refractivity contribution in [3.05, 3.63) is 66.1 Å². The van der Waals surface area contributed by atoms with Crippen LogP contribution in [0.2, 0.25) is 0 Å². The van der Waals surface area contributed by atoms with Crippen molar-refractivity contribution >= 4 is 35.0 Å². The van der Waals surface area contributed by atoms with Crippen molar-refractivity contribution in [3.8, 4) is 0 Å². The molecule has 0 radical (unpaired) electrons. The van der Waals surface area contributed by atoms with E-state index in [1.165, 1.54) is 6.42 Å². The second-order valence-corrected chi connectivity index (χ2v) is 9.67. The zero-order valence-corrected chi connectivity index (χ0v) is 20.9. The molecule has 0 spiro atoms. The van der Waals surface area contributed by atoms with Crippen molar-refractivity contribution in [2.45, 2.75) is 69.9 Å². The van der Waals surface area contributed by atoms with Crippen LogP contribution in [-0.2, 0) is 20.8 Å². The minimum absolute atomic E-state index is 0.0617. The topological polar surface area (TPSA) is 118 Å². The molecule has 0 saturated heterocycles. The van der Waals surface area contributed by atoms with Gasteiger partial charge in [-0.25, -0.2) is 4.98 Å². The number of aromatic nitrogens is 1.